The molecule has 0 N–H and O–H groups in total. The Morgan fingerprint density at radius 1 is 1.06 bits per heavy atom. The quantitative estimate of drug-likeness (QED) is 0.740. The average Bonchev–Trinajstić information content (AvgIpc) is 2.39. The highest BCUT2D eigenvalue weighted by Crippen LogP contribution is 2.22. The van der Waals surface area contributed by atoms with Crippen molar-refractivity contribution < 1.29 is 0 Å². The molecule has 3 nitrogen and oxygen atoms in total. The van der Waals surface area contributed by atoms with E-state index in [-0.39, 0.29) is 0 Å². The van der Waals surface area contributed by atoms with E-state index in [0.717, 1.165) is 16.8 Å². The standard InChI is InChI=1S/C14H9N3/c1-10-2-5-14(17-9-10)13-4-3-11(7-15)6-12(13)8-16/h2-6,9H,1H3. The van der Waals surface area contributed by atoms with Gasteiger partial charge in [-0.05, 0) is 30.7 Å². The van der Waals surface area contributed by atoms with Crippen molar-refractivity contribution >= 4 is 0 Å². The second-order valence-corrected chi connectivity index (χ2v) is 3.70. The minimum Gasteiger partial charge on any atom is -0.256 e. The van der Waals surface area contributed by atoms with E-state index in [0.29, 0.717) is 11.1 Å². The summed E-state index contributed by atoms with van der Waals surface area (Å²) in [4.78, 5) is 4.28. The predicted molar refractivity (Wildman–Crippen MR) is 63.8 cm³/mol. The third-order valence-corrected chi connectivity index (χ3v) is 2.46. The van der Waals surface area contributed by atoms with Crippen molar-refractivity contribution in [1.29, 1.82) is 10.5 Å². The zero-order chi connectivity index (χ0) is 12.3. The van der Waals surface area contributed by atoms with Crippen molar-refractivity contribution in [1.82, 2.24) is 4.98 Å². The van der Waals surface area contributed by atoms with E-state index in [1.807, 2.05) is 25.1 Å². The van der Waals surface area contributed by atoms with Gasteiger partial charge in [0.15, 0.2) is 0 Å². The number of pyridine rings is 1. The highest BCUT2D eigenvalue weighted by atomic mass is 14.7. The van der Waals surface area contributed by atoms with Gasteiger partial charge in [-0.3, -0.25) is 4.98 Å². The molecular weight excluding hydrogens is 210 g/mol. The number of hydrogen-bond donors (Lipinski definition) is 0. The van der Waals surface area contributed by atoms with Crippen molar-refractivity contribution in [2.24, 2.45) is 0 Å². The second kappa shape index (κ2) is 4.47. The molecule has 0 spiro atoms. The average molecular weight is 219 g/mol. The first-order valence-electron chi connectivity index (χ1n) is 5.12. The molecule has 0 aliphatic rings. The zero-order valence-electron chi connectivity index (χ0n) is 9.31. The number of benzene rings is 1. The lowest BCUT2D eigenvalue weighted by Crippen LogP contribution is -1.89. The molecule has 0 saturated carbocycles. The fourth-order valence-electron chi connectivity index (χ4n) is 1.56. The SMILES string of the molecule is Cc1ccc(-c2ccc(C#N)cc2C#N)nc1. The summed E-state index contributed by atoms with van der Waals surface area (Å²) < 4.78 is 0. The largest absolute Gasteiger partial charge is 0.256 e. The maximum absolute atomic E-state index is 9.07. The third kappa shape index (κ3) is 2.14. The first-order chi connectivity index (χ1) is 8.24. The van der Waals surface area contributed by atoms with Crippen LogP contribution in [-0.2, 0) is 0 Å². The summed E-state index contributed by atoms with van der Waals surface area (Å²) in [5.74, 6) is 0. The van der Waals surface area contributed by atoms with Gasteiger partial charge in [0.25, 0.3) is 0 Å². The molecule has 0 unspecified atom stereocenters. The van der Waals surface area contributed by atoms with Crippen molar-refractivity contribution in [3.8, 4) is 23.4 Å². The molecule has 2 aromatic rings. The number of aromatic nitrogens is 1. The van der Waals surface area contributed by atoms with Crippen LogP contribution in [0.5, 0.6) is 0 Å². The summed E-state index contributed by atoms with van der Waals surface area (Å²) in [6.07, 6.45) is 1.76. The van der Waals surface area contributed by atoms with Crippen LogP contribution in [0.4, 0.5) is 0 Å². The molecule has 0 radical (unpaired) electrons. The van der Waals surface area contributed by atoms with Crippen LogP contribution < -0.4 is 0 Å². The Balaban J connectivity index is 2.57. The van der Waals surface area contributed by atoms with Gasteiger partial charge in [-0.1, -0.05) is 12.1 Å². The predicted octanol–water partition coefficient (Wildman–Crippen LogP) is 2.80. The molecule has 0 amide bonds. The van der Waals surface area contributed by atoms with Gasteiger partial charge < -0.3 is 0 Å². The molecule has 3 heteroatoms. The molecule has 0 aliphatic heterocycles. The van der Waals surface area contributed by atoms with Crippen LogP contribution in [0.25, 0.3) is 11.3 Å². The molecule has 0 fully saturated rings. The molecule has 80 valence electrons. The van der Waals surface area contributed by atoms with Crippen LogP contribution in [0.1, 0.15) is 16.7 Å². The summed E-state index contributed by atoms with van der Waals surface area (Å²) in [5, 5.41) is 17.8. The number of rotatable bonds is 1. The van der Waals surface area contributed by atoms with Gasteiger partial charge in [-0.15, -0.1) is 0 Å². The van der Waals surface area contributed by atoms with Crippen LogP contribution in [-0.4, -0.2) is 4.98 Å². The molecule has 1 aromatic heterocycles. The Bertz CT molecular complexity index is 628. The third-order valence-electron chi connectivity index (χ3n) is 2.46. The van der Waals surface area contributed by atoms with E-state index in [1.54, 1.807) is 24.4 Å². The lowest BCUT2D eigenvalue weighted by atomic mass is 10.0. The Morgan fingerprint density at radius 3 is 2.47 bits per heavy atom. The number of nitrogens with zero attached hydrogens (tertiary/aromatic N) is 3. The van der Waals surface area contributed by atoms with Crippen molar-refractivity contribution in [3.05, 3.63) is 53.2 Å². The summed E-state index contributed by atoms with van der Waals surface area (Å²) in [7, 11) is 0. The highest BCUT2D eigenvalue weighted by Gasteiger charge is 2.06. The molecule has 17 heavy (non-hydrogen) atoms. The zero-order valence-corrected chi connectivity index (χ0v) is 9.31. The van der Waals surface area contributed by atoms with Crippen molar-refractivity contribution in [2.75, 3.05) is 0 Å². The first-order valence-corrected chi connectivity index (χ1v) is 5.12. The van der Waals surface area contributed by atoms with Crippen molar-refractivity contribution in [3.63, 3.8) is 0 Å². The molecule has 0 bridgehead atoms. The number of nitriles is 2. The van der Waals surface area contributed by atoms with Gasteiger partial charge in [0.1, 0.15) is 0 Å². The van der Waals surface area contributed by atoms with Crippen molar-refractivity contribution in [2.45, 2.75) is 6.92 Å². The van der Waals surface area contributed by atoms with E-state index in [1.165, 1.54) is 0 Å². The Labute approximate surface area is 99.6 Å². The van der Waals surface area contributed by atoms with Gasteiger partial charge >= 0.3 is 0 Å². The number of hydrogen-bond acceptors (Lipinski definition) is 3. The van der Waals surface area contributed by atoms with Gasteiger partial charge in [-0.25, -0.2) is 0 Å². The van der Waals surface area contributed by atoms with E-state index < -0.39 is 0 Å². The topological polar surface area (TPSA) is 60.5 Å². The fraction of sp³-hybridized carbons (Fsp3) is 0.0714. The van der Waals surface area contributed by atoms with E-state index in [9.17, 15) is 0 Å². The Kier molecular flexibility index (Phi) is 2.85. The maximum Gasteiger partial charge on any atom is 0.0999 e. The van der Waals surface area contributed by atoms with E-state index in [4.69, 9.17) is 10.5 Å². The molecule has 2 rings (SSSR count). The van der Waals surface area contributed by atoms with Crippen LogP contribution in [0.2, 0.25) is 0 Å². The maximum atomic E-state index is 9.07. The minimum absolute atomic E-state index is 0.473. The van der Waals surface area contributed by atoms with E-state index >= 15 is 0 Å². The molecular formula is C14H9N3. The Morgan fingerprint density at radius 2 is 1.88 bits per heavy atom. The summed E-state index contributed by atoms with van der Waals surface area (Å²) in [5.41, 5.74) is 3.53. The highest BCUT2D eigenvalue weighted by molar-refractivity contribution is 5.68. The van der Waals surface area contributed by atoms with E-state index in [2.05, 4.69) is 11.1 Å². The smallest absolute Gasteiger partial charge is 0.0999 e. The first kappa shape index (κ1) is 10.9. The monoisotopic (exact) mass is 219 g/mol. The molecule has 0 aliphatic carbocycles. The minimum atomic E-state index is 0.473. The van der Waals surface area contributed by atoms with Gasteiger partial charge in [0, 0.05) is 11.8 Å². The van der Waals surface area contributed by atoms with Gasteiger partial charge in [-0.2, -0.15) is 10.5 Å². The van der Waals surface area contributed by atoms with Crippen LogP contribution >= 0.6 is 0 Å². The molecule has 0 atom stereocenters. The summed E-state index contributed by atoms with van der Waals surface area (Å²) in [6, 6.07) is 13.0. The molecule has 1 heterocycles. The molecule has 0 saturated heterocycles. The lowest BCUT2D eigenvalue weighted by Gasteiger charge is -2.03. The summed E-state index contributed by atoms with van der Waals surface area (Å²) in [6.45, 7) is 1.96. The van der Waals surface area contributed by atoms with Gasteiger partial charge in [0.2, 0.25) is 0 Å². The normalized spacial score (nSPS) is 9.35. The number of aryl methyl sites for hydroxylation is 1. The second-order valence-electron chi connectivity index (χ2n) is 3.70. The summed E-state index contributed by atoms with van der Waals surface area (Å²) >= 11 is 0. The van der Waals surface area contributed by atoms with Crippen LogP contribution in [0.15, 0.2) is 36.5 Å². The van der Waals surface area contributed by atoms with Crippen LogP contribution in [0, 0.1) is 29.6 Å². The lowest BCUT2D eigenvalue weighted by molar-refractivity contribution is 1.26. The fourth-order valence-corrected chi connectivity index (χ4v) is 1.56. The van der Waals surface area contributed by atoms with Gasteiger partial charge in [0.05, 0.1) is 29.0 Å². The molecule has 1 aromatic carbocycles. The Hall–Kier alpha value is -2.65. The van der Waals surface area contributed by atoms with Crippen LogP contribution in [0.3, 0.4) is 0 Å².